The number of hydrogen-bond acceptors (Lipinski definition) is 1. The summed E-state index contributed by atoms with van der Waals surface area (Å²) >= 11 is 0. The number of aromatic nitrogens is 2. The Balaban J connectivity index is 1.58. The number of fused-ring (bicyclic) bond motifs is 7. The molecule has 0 bridgehead atoms. The third kappa shape index (κ3) is 2.71. The monoisotopic (exact) mass is 420 g/mol. The summed E-state index contributed by atoms with van der Waals surface area (Å²) in [4.78, 5) is 4.65. The van der Waals surface area contributed by atoms with Gasteiger partial charge in [-0.05, 0) is 67.7 Å². The predicted molar refractivity (Wildman–Crippen MR) is 139 cm³/mol. The van der Waals surface area contributed by atoms with Crippen LogP contribution in [0.1, 0.15) is 0 Å². The Kier molecular flexibility index (Phi) is 3.88. The van der Waals surface area contributed by atoms with E-state index in [1.807, 2.05) is 12.4 Å². The first-order chi connectivity index (χ1) is 16.4. The second-order valence-corrected chi connectivity index (χ2v) is 8.47. The van der Waals surface area contributed by atoms with Crippen LogP contribution in [-0.2, 0) is 0 Å². The number of para-hydroxylation sites is 1. The van der Waals surface area contributed by atoms with E-state index in [9.17, 15) is 0 Å². The van der Waals surface area contributed by atoms with Crippen LogP contribution in [0.25, 0.3) is 60.2 Å². The van der Waals surface area contributed by atoms with Crippen molar-refractivity contribution in [2.45, 2.75) is 0 Å². The smallest absolute Gasteiger partial charge is 0.100 e. The van der Waals surface area contributed by atoms with Crippen LogP contribution in [0.4, 0.5) is 0 Å². The van der Waals surface area contributed by atoms with Crippen LogP contribution in [0, 0.1) is 0 Å². The Hall–Kier alpha value is -4.43. The first-order valence-corrected chi connectivity index (χ1v) is 11.2. The van der Waals surface area contributed by atoms with Gasteiger partial charge in [-0.1, -0.05) is 91.0 Å². The van der Waals surface area contributed by atoms with E-state index in [0.29, 0.717) is 0 Å². The molecule has 0 N–H and O–H groups in total. The normalized spacial score (nSPS) is 11.6. The summed E-state index contributed by atoms with van der Waals surface area (Å²) in [6, 6.07) is 41.2. The second-order valence-electron chi connectivity index (χ2n) is 8.47. The molecule has 0 saturated carbocycles. The molecule has 1 heterocycles. The average molecular weight is 421 g/mol. The van der Waals surface area contributed by atoms with E-state index in [0.717, 1.165) is 16.7 Å². The molecule has 6 aromatic carbocycles. The van der Waals surface area contributed by atoms with Crippen molar-refractivity contribution in [3.63, 3.8) is 0 Å². The molecule has 0 spiro atoms. The average Bonchev–Trinajstić information content (AvgIpc) is 3.32. The van der Waals surface area contributed by atoms with Crippen molar-refractivity contribution in [3.8, 4) is 16.8 Å². The highest BCUT2D eigenvalue weighted by atomic mass is 15.0. The summed E-state index contributed by atoms with van der Waals surface area (Å²) in [6.45, 7) is 0. The van der Waals surface area contributed by atoms with Crippen LogP contribution >= 0.6 is 0 Å². The minimum atomic E-state index is 0.998. The summed E-state index contributed by atoms with van der Waals surface area (Å²) in [5, 5.41) is 7.77. The molecule has 154 valence electrons. The van der Waals surface area contributed by atoms with Gasteiger partial charge in [-0.15, -0.1) is 0 Å². The number of nitrogens with zero attached hydrogens (tertiary/aromatic N) is 2. The number of hydrogen-bond donors (Lipinski definition) is 0. The van der Waals surface area contributed by atoms with Crippen molar-refractivity contribution < 1.29 is 0 Å². The van der Waals surface area contributed by atoms with Gasteiger partial charge in [0.1, 0.15) is 6.33 Å². The fraction of sp³-hybridized carbons (Fsp3) is 0. The summed E-state index contributed by atoms with van der Waals surface area (Å²) in [7, 11) is 0. The summed E-state index contributed by atoms with van der Waals surface area (Å²) in [6.07, 6.45) is 1.91. The van der Waals surface area contributed by atoms with E-state index in [1.54, 1.807) is 0 Å². The largest absolute Gasteiger partial charge is 0.299 e. The highest BCUT2D eigenvalue weighted by Crippen LogP contribution is 2.40. The Morgan fingerprint density at radius 1 is 0.515 bits per heavy atom. The van der Waals surface area contributed by atoms with Crippen LogP contribution in [0.5, 0.6) is 0 Å². The molecular formula is C31H20N2. The lowest BCUT2D eigenvalue weighted by atomic mass is 9.89. The van der Waals surface area contributed by atoms with E-state index >= 15 is 0 Å². The highest BCUT2D eigenvalue weighted by Gasteiger charge is 2.14. The van der Waals surface area contributed by atoms with E-state index in [-0.39, 0.29) is 0 Å². The molecule has 7 rings (SSSR count). The van der Waals surface area contributed by atoms with E-state index in [4.69, 9.17) is 0 Å². The SMILES string of the molecule is c1ccc(-n2cnc3ccc(-c4cccc5c6ccccc6c6ccccc6c45)cc32)cc1. The van der Waals surface area contributed by atoms with Gasteiger partial charge < -0.3 is 0 Å². The lowest BCUT2D eigenvalue weighted by Crippen LogP contribution is -1.92. The van der Waals surface area contributed by atoms with Gasteiger partial charge in [-0.2, -0.15) is 0 Å². The van der Waals surface area contributed by atoms with Gasteiger partial charge in [0.05, 0.1) is 11.0 Å². The molecule has 1 aromatic heterocycles. The molecule has 0 atom stereocenters. The van der Waals surface area contributed by atoms with Crippen molar-refractivity contribution >= 4 is 43.4 Å². The molecule has 0 radical (unpaired) electrons. The van der Waals surface area contributed by atoms with Crippen LogP contribution in [0.15, 0.2) is 122 Å². The topological polar surface area (TPSA) is 17.8 Å². The number of imidazole rings is 1. The molecule has 0 saturated heterocycles. The Morgan fingerprint density at radius 3 is 1.85 bits per heavy atom. The Labute approximate surface area is 191 Å². The second kappa shape index (κ2) is 7.04. The zero-order valence-electron chi connectivity index (χ0n) is 17.9. The van der Waals surface area contributed by atoms with E-state index < -0.39 is 0 Å². The fourth-order valence-corrected chi connectivity index (χ4v) is 5.17. The molecule has 0 unspecified atom stereocenters. The summed E-state index contributed by atoms with van der Waals surface area (Å²) < 4.78 is 2.16. The van der Waals surface area contributed by atoms with Gasteiger partial charge in [0.25, 0.3) is 0 Å². The number of rotatable bonds is 2. The summed E-state index contributed by atoms with van der Waals surface area (Å²) in [5.74, 6) is 0. The Morgan fingerprint density at radius 2 is 1.12 bits per heavy atom. The van der Waals surface area contributed by atoms with Crippen molar-refractivity contribution in [2.75, 3.05) is 0 Å². The van der Waals surface area contributed by atoms with Crippen LogP contribution in [-0.4, -0.2) is 9.55 Å². The van der Waals surface area contributed by atoms with Gasteiger partial charge in [0.15, 0.2) is 0 Å². The van der Waals surface area contributed by atoms with Crippen molar-refractivity contribution in [1.82, 2.24) is 9.55 Å². The van der Waals surface area contributed by atoms with Crippen LogP contribution in [0.3, 0.4) is 0 Å². The van der Waals surface area contributed by atoms with Gasteiger partial charge in [0.2, 0.25) is 0 Å². The first-order valence-electron chi connectivity index (χ1n) is 11.2. The minimum absolute atomic E-state index is 0.998. The maximum absolute atomic E-state index is 4.65. The lowest BCUT2D eigenvalue weighted by Gasteiger charge is -2.14. The highest BCUT2D eigenvalue weighted by molar-refractivity contribution is 6.28. The quantitative estimate of drug-likeness (QED) is 0.258. The molecule has 7 aromatic rings. The van der Waals surface area contributed by atoms with Gasteiger partial charge in [-0.25, -0.2) is 4.98 Å². The molecule has 2 nitrogen and oxygen atoms in total. The molecule has 0 fully saturated rings. The van der Waals surface area contributed by atoms with Crippen molar-refractivity contribution in [2.24, 2.45) is 0 Å². The molecule has 2 heteroatoms. The third-order valence-electron chi connectivity index (χ3n) is 6.66. The third-order valence-corrected chi connectivity index (χ3v) is 6.66. The zero-order valence-corrected chi connectivity index (χ0v) is 17.9. The lowest BCUT2D eigenvalue weighted by molar-refractivity contribution is 1.09. The molecule has 0 amide bonds. The van der Waals surface area contributed by atoms with Crippen LogP contribution in [0.2, 0.25) is 0 Å². The van der Waals surface area contributed by atoms with Crippen molar-refractivity contribution in [1.29, 1.82) is 0 Å². The van der Waals surface area contributed by atoms with Gasteiger partial charge in [0, 0.05) is 5.69 Å². The van der Waals surface area contributed by atoms with Gasteiger partial charge >= 0.3 is 0 Å². The molecule has 0 aliphatic rings. The van der Waals surface area contributed by atoms with Crippen LogP contribution < -0.4 is 0 Å². The standard InChI is InChI=1S/C31H20N2/c1-2-9-22(10-3-1)33-20-32-29-18-17-21(19-30(29)33)23-15-8-16-28-26-12-5-4-11-24(26)25-13-6-7-14-27(25)31(23)28/h1-20H. The predicted octanol–water partition coefficient (Wildman–Crippen LogP) is 8.15. The minimum Gasteiger partial charge on any atom is -0.299 e. The molecule has 0 aliphatic heterocycles. The maximum atomic E-state index is 4.65. The van der Waals surface area contributed by atoms with E-state index in [2.05, 4.69) is 119 Å². The fourth-order valence-electron chi connectivity index (χ4n) is 5.17. The Bertz CT molecular complexity index is 1770. The maximum Gasteiger partial charge on any atom is 0.100 e. The van der Waals surface area contributed by atoms with Gasteiger partial charge in [-0.3, -0.25) is 4.57 Å². The summed E-state index contributed by atoms with van der Waals surface area (Å²) in [5.41, 5.74) is 5.67. The molecule has 0 aliphatic carbocycles. The number of benzene rings is 6. The molecular weight excluding hydrogens is 400 g/mol. The van der Waals surface area contributed by atoms with Crippen molar-refractivity contribution in [3.05, 3.63) is 122 Å². The first kappa shape index (κ1) is 18.2. The zero-order chi connectivity index (χ0) is 21.8. The molecule has 33 heavy (non-hydrogen) atoms. The van der Waals surface area contributed by atoms with E-state index in [1.165, 1.54) is 43.4 Å².